The van der Waals surface area contributed by atoms with E-state index < -0.39 is 10.0 Å². The number of benzene rings is 2. The van der Waals surface area contributed by atoms with Crippen molar-refractivity contribution in [2.75, 3.05) is 20.2 Å². The van der Waals surface area contributed by atoms with Gasteiger partial charge < -0.3 is 10.5 Å². The summed E-state index contributed by atoms with van der Waals surface area (Å²) in [6, 6.07) is 10.9. The average Bonchev–Trinajstić information content (AvgIpc) is 2.54. The van der Waals surface area contributed by atoms with Gasteiger partial charge in [-0.3, -0.25) is 0 Å². The predicted octanol–water partition coefficient (Wildman–Crippen LogP) is 2.38. The van der Waals surface area contributed by atoms with E-state index in [1.54, 1.807) is 19.2 Å². The highest BCUT2D eigenvalue weighted by Gasteiger charge is 2.29. The summed E-state index contributed by atoms with van der Waals surface area (Å²) in [5.41, 5.74) is 5.87. The van der Waals surface area contributed by atoms with Gasteiger partial charge in [0.15, 0.2) is 0 Å². The molecule has 1 heterocycles. The first-order chi connectivity index (χ1) is 10.5. The fraction of sp³-hybridized carbons (Fsp3) is 0.375. The number of hydrogen-bond acceptors (Lipinski definition) is 4. The minimum atomic E-state index is -3.51. The molecule has 1 aliphatic rings. The van der Waals surface area contributed by atoms with Gasteiger partial charge in [-0.25, -0.2) is 8.42 Å². The van der Waals surface area contributed by atoms with Crippen LogP contribution in [0.5, 0.6) is 5.75 Å². The maximum absolute atomic E-state index is 13.0. The molecule has 0 saturated carbocycles. The summed E-state index contributed by atoms with van der Waals surface area (Å²) >= 11 is 0. The summed E-state index contributed by atoms with van der Waals surface area (Å²) in [5, 5.41) is 1.50. The third kappa shape index (κ3) is 3.30. The molecule has 0 aliphatic carbocycles. The molecule has 0 radical (unpaired) electrons. The van der Waals surface area contributed by atoms with E-state index >= 15 is 0 Å². The molecule has 2 aromatic carbocycles. The van der Waals surface area contributed by atoms with E-state index in [1.165, 1.54) is 4.31 Å². The minimum Gasteiger partial charge on any atom is -0.496 e. The number of fused-ring (bicyclic) bond motifs is 1. The van der Waals surface area contributed by atoms with Crippen LogP contribution in [0, 0.1) is 0 Å². The fourth-order valence-corrected chi connectivity index (χ4v) is 4.57. The quantitative estimate of drug-likeness (QED) is 0.916. The number of piperidine rings is 1. The van der Waals surface area contributed by atoms with Crippen molar-refractivity contribution in [1.29, 1.82) is 0 Å². The first-order valence-corrected chi connectivity index (χ1v) is 8.79. The second-order valence-electron chi connectivity index (χ2n) is 5.55. The molecule has 2 aromatic rings. The molecule has 1 aliphatic heterocycles. The molecule has 23 heavy (non-hydrogen) atoms. The molecule has 0 aromatic heterocycles. The third-order valence-corrected chi connectivity index (χ3v) is 6.14. The smallest absolute Gasteiger partial charge is 0.243 e. The predicted molar refractivity (Wildman–Crippen MR) is 93.7 cm³/mol. The summed E-state index contributed by atoms with van der Waals surface area (Å²) in [4.78, 5) is 0.333. The molecule has 126 valence electrons. The van der Waals surface area contributed by atoms with Gasteiger partial charge in [-0.05, 0) is 25.0 Å². The number of ether oxygens (including phenoxy) is 1. The molecule has 1 fully saturated rings. The number of hydrogen-bond donors (Lipinski definition) is 1. The van der Waals surface area contributed by atoms with Gasteiger partial charge >= 0.3 is 0 Å². The van der Waals surface area contributed by atoms with Gasteiger partial charge in [0.05, 0.1) is 12.0 Å². The van der Waals surface area contributed by atoms with Gasteiger partial charge in [-0.2, -0.15) is 4.31 Å². The van der Waals surface area contributed by atoms with Crippen LogP contribution in [0.1, 0.15) is 12.8 Å². The van der Waals surface area contributed by atoms with Crippen LogP contribution >= 0.6 is 12.4 Å². The summed E-state index contributed by atoms with van der Waals surface area (Å²) in [5.74, 6) is 0.676. The average molecular weight is 357 g/mol. The molecule has 0 atom stereocenters. The van der Waals surface area contributed by atoms with E-state index in [9.17, 15) is 8.42 Å². The normalized spacial score (nSPS) is 17.0. The van der Waals surface area contributed by atoms with Crippen LogP contribution in [0.4, 0.5) is 0 Å². The van der Waals surface area contributed by atoms with Gasteiger partial charge in [0.25, 0.3) is 0 Å². The van der Waals surface area contributed by atoms with E-state index in [4.69, 9.17) is 10.5 Å². The van der Waals surface area contributed by atoms with Crippen molar-refractivity contribution in [2.24, 2.45) is 5.73 Å². The molecular weight excluding hydrogens is 336 g/mol. The van der Waals surface area contributed by atoms with Crippen molar-refractivity contribution < 1.29 is 13.2 Å². The summed E-state index contributed by atoms with van der Waals surface area (Å²) < 4.78 is 32.8. The third-order valence-electron chi connectivity index (χ3n) is 4.18. The van der Waals surface area contributed by atoms with Crippen LogP contribution in [0.25, 0.3) is 10.8 Å². The fourth-order valence-electron chi connectivity index (χ4n) is 2.90. The first-order valence-electron chi connectivity index (χ1n) is 7.35. The number of methoxy groups -OCH3 is 1. The molecule has 0 spiro atoms. The monoisotopic (exact) mass is 356 g/mol. The van der Waals surface area contributed by atoms with Crippen LogP contribution in [0.15, 0.2) is 41.3 Å². The number of nitrogens with two attached hydrogens (primary N) is 1. The van der Waals surface area contributed by atoms with Crippen molar-refractivity contribution in [2.45, 2.75) is 23.8 Å². The molecule has 1 saturated heterocycles. The largest absolute Gasteiger partial charge is 0.496 e. The SMILES string of the molecule is COc1ccc(S(=O)(=O)N2CCC(N)CC2)c2ccccc12.Cl. The molecule has 0 amide bonds. The highest BCUT2D eigenvalue weighted by atomic mass is 35.5. The maximum Gasteiger partial charge on any atom is 0.243 e. The van der Waals surface area contributed by atoms with Crippen molar-refractivity contribution in [3.8, 4) is 5.75 Å². The molecule has 7 heteroatoms. The van der Waals surface area contributed by atoms with Crippen LogP contribution < -0.4 is 10.5 Å². The zero-order chi connectivity index (χ0) is 15.7. The topological polar surface area (TPSA) is 72.6 Å². The maximum atomic E-state index is 13.0. The zero-order valence-electron chi connectivity index (χ0n) is 12.9. The van der Waals surface area contributed by atoms with E-state index in [2.05, 4.69) is 0 Å². The van der Waals surface area contributed by atoms with Gasteiger partial charge in [0.1, 0.15) is 5.75 Å². The molecule has 2 N–H and O–H groups in total. The lowest BCUT2D eigenvalue weighted by Gasteiger charge is -2.29. The number of halogens is 1. The lowest BCUT2D eigenvalue weighted by molar-refractivity contribution is 0.320. The van der Waals surface area contributed by atoms with Crippen molar-refractivity contribution in [3.05, 3.63) is 36.4 Å². The van der Waals surface area contributed by atoms with E-state index in [-0.39, 0.29) is 18.4 Å². The number of rotatable bonds is 3. The van der Waals surface area contributed by atoms with Gasteiger partial charge in [-0.15, -0.1) is 12.4 Å². The van der Waals surface area contributed by atoms with Crippen LogP contribution in [0.2, 0.25) is 0 Å². The molecule has 0 unspecified atom stereocenters. The van der Waals surface area contributed by atoms with Crippen LogP contribution in [-0.4, -0.2) is 39.0 Å². The first kappa shape index (κ1) is 18.0. The van der Waals surface area contributed by atoms with Crippen LogP contribution in [0.3, 0.4) is 0 Å². The summed E-state index contributed by atoms with van der Waals surface area (Å²) in [6.45, 7) is 0.952. The van der Waals surface area contributed by atoms with E-state index in [0.717, 1.165) is 5.39 Å². The Kier molecular flexibility index (Phi) is 5.52. The molecule has 5 nitrogen and oxygen atoms in total. The molecule has 3 rings (SSSR count). The Morgan fingerprint density at radius 3 is 2.30 bits per heavy atom. The van der Waals surface area contributed by atoms with Gasteiger partial charge in [-0.1, -0.05) is 24.3 Å². The molecular formula is C16H21ClN2O3S. The molecule has 0 bridgehead atoms. The Morgan fingerprint density at radius 1 is 1.09 bits per heavy atom. The van der Waals surface area contributed by atoms with E-state index in [0.29, 0.717) is 42.0 Å². The van der Waals surface area contributed by atoms with Gasteiger partial charge in [0.2, 0.25) is 10.0 Å². The number of sulfonamides is 1. The second kappa shape index (κ2) is 7.05. The minimum absolute atomic E-state index is 0. The van der Waals surface area contributed by atoms with Gasteiger partial charge in [0, 0.05) is 29.9 Å². The Bertz CT molecular complexity index is 787. The highest BCUT2D eigenvalue weighted by molar-refractivity contribution is 7.89. The Hall–Kier alpha value is -1.34. The highest BCUT2D eigenvalue weighted by Crippen LogP contribution is 2.32. The Morgan fingerprint density at radius 2 is 1.70 bits per heavy atom. The van der Waals surface area contributed by atoms with Crippen molar-refractivity contribution in [3.63, 3.8) is 0 Å². The standard InChI is InChI=1S/C16H20N2O3S.ClH/c1-21-15-6-7-16(14-5-3-2-4-13(14)15)22(19,20)18-10-8-12(17)9-11-18;/h2-7,12H,8-11,17H2,1H3;1H. The lowest BCUT2D eigenvalue weighted by Crippen LogP contribution is -2.42. The van der Waals surface area contributed by atoms with Crippen molar-refractivity contribution >= 4 is 33.2 Å². The summed E-state index contributed by atoms with van der Waals surface area (Å²) in [6.07, 6.45) is 1.40. The Labute approximate surface area is 142 Å². The Balaban J connectivity index is 0.00000192. The number of nitrogens with zero attached hydrogens (tertiary/aromatic N) is 1. The van der Waals surface area contributed by atoms with Crippen LogP contribution in [-0.2, 0) is 10.0 Å². The zero-order valence-corrected chi connectivity index (χ0v) is 14.6. The lowest BCUT2D eigenvalue weighted by atomic mass is 10.1. The van der Waals surface area contributed by atoms with Crippen molar-refractivity contribution in [1.82, 2.24) is 4.31 Å². The second-order valence-corrected chi connectivity index (χ2v) is 7.46. The summed E-state index contributed by atoms with van der Waals surface area (Å²) in [7, 11) is -1.93. The van der Waals surface area contributed by atoms with E-state index in [1.807, 2.05) is 24.3 Å².